The van der Waals surface area contributed by atoms with Gasteiger partial charge in [-0.15, -0.1) is 0 Å². The molecule has 11 heteroatoms. The molecule has 37 heavy (non-hydrogen) atoms. The molecule has 8 nitrogen and oxygen atoms in total. The molecule has 0 spiro atoms. The Labute approximate surface area is 226 Å². The number of carbonyl (C=O) groups excluding carboxylic acids is 2. The fourth-order valence-corrected chi connectivity index (χ4v) is 4.29. The van der Waals surface area contributed by atoms with E-state index in [1.54, 1.807) is 54.1 Å². The smallest absolute Gasteiger partial charge is 0.322 e. The van der Waals surface area contributed by atoms with Gasteiger partial charge in [0.15, 0.2) is 5.69 Å². The molecule has 0 atom stereocenters. The molecule has 4 rings (SSSR count). The predicted molar refractivity (Wildman–Crippen MR) is 143 cm³/mol. The maximum Gasteiger partial charge on any atom is 0.322 e. The number of hydrogen-bond acceptors (Lipinski definition) is 4. The highest BCUT2D eigenvalue weighted by Gasteiger charge is 2.23. The summed E-state index contributed by atoms with van der Waals surface area (Å²) in [5.74, 6) is -2.26. The van der Waals surface area contributed by atoms with Crippen LogP contribution < -0.4 is 10.6 Å². The lowest BCUT2D eigenvalue weighted by molar-refractivity contribution is -0.135. The van der Waals surface area contributed by atoms with Gasteiger partial charge >= 0.3 is 5.97 Å². The summed E-state index contributed by atoms with van der Waals surface area (Å²) >= 11 is 18.6. The highest BCUT2D eigenvalue weighted by Crippen LogP contribution is 2.33. The van der Waals surface area contributed by atoms with Crippen LogP contribution in [-0.4, -0.2) is 39.2 Å². The van der Waals surface area contributed by atoms with E-state index >= 15 is 0 Å². The van der Waals surface area contributed by atoms with E-state index in [1.807, 2.05) is 12.1 Å². The molecule has 0 fully saturated rings. The van der Waals surface area contributed by atoms with E-state index < -0.39 is 24.3 Å². The maximum atomic E-state index is 13.3. The van der Waals surface area contributed by atoms with Crippen molar-refractivity contribution in [3.8, 4) is 16.9 Å². The Morgan fingerprint density at radius 3 is 2.30 bits per heavy atom. The fourth-order valence-electron chi connectivity index (χ4n) is 3.67. The summed E-state index contributed by atoms with van der Waals surface area (Å²) in [6.07, 6.45) is 0. The van der Waals surface area contributed by atoms with Crippen LogP contribution in [0.1, 0.15) is 26.4 Å². The quantitative estimate of drug-likeness (QED) is 0.263. The van der Waals surface area contributed by atoms with Gasteiger partial charge in [-0.25, -0.2) is 4.68 Å². The Morgan fingerprint density at radius 1 is 0.919 bits per heavy atom. The van der Waals surface area contributed by atoms with Crippen LogP contribution in [0, 0.1) is 6.92 Å². The van der Waals surface area contributed by atoms with Gasteiger partial charge in [0.05, 0.1) is 16.4 Å². The van der Waals surface area contributed by atoms with Crippen LogP contribution in [0.2, 0.25) is 15.1 Å². The van der Waals surface area contributed by atoms with E-state index in [1.165, 1.54) is 12.1 Å². The minimum absolute atomic E-state index is 0.136. The number of carbonyl (C=O) groups is 3. The van der Waals surface area contributed by atoms with E-state index in [9.17, 15) is 14.4 Å². The first kappa shape index (κ1) is 26.2. The standard InChI is InChI=1S/C26H19Cl3N4O4/c1-14-23(26(37)31-19-4-2-3-16(11-19)25(36)30-13-22(34)35)32-33(21-10-9-18(28)12-20(21)29)24(14)15-5-7-17(27)8-6-15/h2-12H,13H2,1H3,(H,30,36)(H,31,37)(H,34,35). The third kappa shape index (κ3) is 5.94. The Hall–Kier alpha value is -3.85. The lowest BCUT2D eigenvalue weighted by Crippen LogP contribution is -2.29. The lowest BCUT2D eigenvalue weighted by Gasteiger charge is -2.11. The molecule has 0 aliphatic carbocycles. The van der Waals surface area contributed by atoms with Crippen LogP contribution in [0.15, 0.2) is 66.7 Å². The molecule has 0 aliphatic rings. The van der Waals surface area contributed by atoms with Crippen molar-refractivity contribution in [1.29, 1.82) is 0 Å². The van der Waals surface area contributed by atoms with E-state index in [4.69, 9.17) is 39.9 Å². The Morgan fingerprint density at radius 2 is 1.62 bits per heavy atom. The number of amides is 2. The largest absolute Gasteiger partial charge is 0.480 e. The third-order valence-corrected chi connectivity index (χ3v) is 6.17. The molecule has 3 aromatic carbocycles. The zero-order chi connectivity index (χ0) is 26.7. The third-order valence-electron chi connectivity index (χ3n) is 5.38. The van der Waals surface area contributed by atoms with E-state index in [0.29, 0.717) is 37.7 Å². The summed E-state index contributed by atoms with van der Waals surface area (Å²) in [5.41, 5.74) is 3.16. The molecule has 2 amide bonds. The van der Waals surface area contributed by atoms with Gasteiger partial charge in [0.25, 0.3) is 11.8 Å². The van der Waals surface area contributed by atoms with Gasteiger partial charge in [-0.2, -0.15) is 5.10 Å². The van der Waals surface area contributed by atoms with Crippen LogP contribution in [0.25, 0.3) is 16.9 Å². The number of benzene rings is 3. The van der Waals surface area contributed by atoms with Crippen molar-refractivity contribution in [3.05, 3.63) is 98.6 Å². The number of anilines is 1. The summed E-state index contributed by atoms with van der Waals surface area (Å²) in [7, 11) is 0. The minimum Gasteiger partial charge on any atom is -0.480 e. The van der Waals surface area contributed by atoms with Crippen molar-refractivity contribution in [1.82, 2.24) is 15.1 Å². The molecule has 3 N–H and O–H groups in total. The molecule has 0 saturated carbocycles. The van der Waals surface area contributed by atoms with Gasteiger partial charge in [-0.05, 0) is 55.5 Å². The molecular weight excluding hydrogens is 539 g/mol. The zero-order valence-corrected chi connectivity index (χ0v) is 21.5. The molecule has 0 saturated heterocycles. The molecule has 0 unspecified atom stereocenters. The number of aliphatic carboxylic acids is 1. The Kier molecular flexibility index (Phi) is 7.83. The van der Waals surface area contributed by atoms with Gasteiger partial charge in [0, 0.05) is 32.4 Å². The summed E-state index contributed by atoms with van der Waals surface area (Å²) < 4.78 is 1.57. The van der Waals surface area contributed by atoms with E-state index in [0.717, 1.165) is 5.56 Å². The monoisotopic (exact) mass is 556 g/mol. The number of halogens is 3. The molecule has 4 aromatic rings. The second kappa shape index (κ2) is 11.0. The van der Waals surface area contributed by atoms with Crippen LogP contribution >= 0.6 is 34.8 Å². The van der Waals surface area contributed by atoms with Crippen LogP contribution in [0.5, 0.6) is 0 Å². The molecule has 0 radical (unpaired) electrons. The summed E-state index contributed by atoms with van der Waals surface area (Å²) in [5, 5.41) is 19.7. The van der Waals surface area contributed by atoms with Crippen molar-refractivity contribution in [2.45, 2.75) is 6.92 Å². The predicted octanol–water partition coefficient (Wildman–Crippen LogP) is 5.87. The van der Waals surface area contributed by atoms with Crippen molar-refractivity contribution in [3.63, 3.8) is 0 Å². The average molecular weight is 558 g/mol. The number of carboxylic acids is 1. The van der Waals surface area contributed by atoms with Crippen LogP contribution in [0.3, 0.4) is 0 Å². The first-order valence-corrected chi connectivity index (χ1v) is 12.0. The SMILES string of the molecule is Cc1c(C(=O)Nc2cccc(C(=O)NCC(=O)O)c2)nn(-c2ccc(Cl)cc2Cl)c1-c1ccc(Cl)cc1. The van der Waals surface area contributed by atoms with Crippen molar-refractivity contribution in [2.75, 3.05) is 11.9 Å². The molecule has 0 bridgehead atoms. The highest BCUT2D eigenvalue weighted by molar-refractivity contribution is 6.35. The lowest BCUT2D eigenvalue weighted by atomic mass is 10.1. The summed E-state index contributed by atoms with van der Waals surface area (Å²) in [4.78, 5) is 36.3. The van der Waals surface area contributed by atoms with Gasteiger partial charge in [-0.1, -0.05) is 53.0 Å². The second-order valence-corrected chi connectivity index (χ2v) is 9.23. The average Bonchev–Trinajstić information content (AvgIpc) is 3.20. The van der Waals surface area contributed by atoms with E-state index in [2.05, 4.69) is 15.7 Å². The first-order valence-electron chi connectivity index (χ1n) is 10.9. The Balaban J connectivity index is 1.72. The van der Waals surface area contributed by atoms with Crippen molar-refractivity contribution >= 4 is 58.3 Å². The number of aromatic nitrogens is 2. The first-order chi connectivity index (χ1) is 17.6. The van der Waals surface area contributed by atoms with Crippen molar-refractivity contribution < 1.29 is 19.5 Å². The number of hydrogen-bond donors (Lipinski definition) is 3. The topological polar surface area (TPSA) is 113 Å². The normalized spacial score (nSPS) is 10.7. The van der Waals surface area contributed by atoms with E-state index in [-0.39, 0.29) is 11.3 Å². The molecule has 0 aliphatic heterocycles. The fraction of sp³-hybridized carbons (Fsp3) is 0.0769. The zero-order valence-electron chi connectivity index (χ0n) is 19.3. The van der Waals surface area contributed by atoms with Gasteiger partial charge in [-0.3, -0.25) is 14.4 Å². The number of nitrogens with one attached hydrogen (secondary N) is 2. The minimum atomic E-state index is -1.17. The number of nitrogens with zero attached hydrogens (tertiary/aromatic N) is 2. The highest BCUT2D eigenvalue weighted by atomic mass is 35.5. The molecule has 1 aromatic heterocycles. The van der Waals surface area contributed by atoms with Crippen LogP contribution in [-0.2, 0) is 4.79 Å². The molecule has 188 valence electrons. The summed E-state index contributed by atoms with van der Waals surface area (Å²) in [6, 6.07) is 18.2. The second-order valence-electron chi connectivity index (χ2n) is 7.95. The molecule has 1 heterocycles. The molecular formula is C26H19Cl3N4O4. The summed E-state index contributed by atoms with van der Waals surface area (Å²) in [6.45, 7) is 1.24. The number of carboxylic acid groups (broad SMARTS) is 1. The van der Waals surface area contributed by atoms with Crippen LogP contribution in [0.4, 0.5) is 5.69 Å². The Bertz CT molecular complexity index is 1520. The van der Waals surface area contributed by atoms with Gasteiger partial charge < -0.3 is 15.7 Å². The maximum absolute atomic E-state index is 13.3. The van der Waals surface area contributed by atoms with Gasteiger partial charge in [0.2, 0.25) is 0 Å². The number of rotatable bonds is 7. The van der Waals surface area contributed by atoms with Crippen molar-refractivity contribution in [2.24, 2.45) is 0 Å². The van der Waals surface area contributed by atoms with Gasteiger partial charge in [0.1, 0.15) is 6.54 Å².